The third-order valence-corrected chi connectivity index (χ3v) is 5.55. The van der Waals surface area contributed by atoms with Crippen LogP contribution in [-0.2, 0) is 4.79 Å². The molecule has 2 aromatic heterocycles. The van der Waals surface area contributed by atoms with Gasteiger partial charge in [0, 0.05) is 25.5 Å². The van der Waals surface area contributed by atoms with Crippen LogP contribution >= 0.6 is 23.2 Å². The van der Waals surface area contributed by atoms with Crippen LogP contribution in [0.25, 0.3) is 5.82 Å². The smallest absolute Gasteiger partial charge is 0.229 e. The largest absolute Gasteiger partial charge is 0.354 e. The van der Waals surface area contributed by atoms with Gasteiger partial charge in [0.25, 0.3) is 0 Å². The van der Waals surface area contributed by atoms with Crippen LogP contribution in [0, 0.1) is 5.92 Å². The number of hydrogen-bond acceptors (Lipinski definition) is 5. The highest BCUT2D eigenvalue weighted by Gasteiger charge is 2.27. The number of amides is 1. The van der Waals surface area contributed by atoms with Crippen molar-refractivity contribution in [1.29, 1.82) is 0 Å². The molecule has 1 fully saturated rings. The molecule has 1 unspecified atom stereocenters. The predicted octanol–water partition coefficient (Wildman–Crippen LogP) is 3.82. The summed E-state index contributed by atoms with van der Waals surface area (Å²) in [6, 6.07) is 8.99. The van der Waals surface area contributed by atoms with Crippen LogP contribution in [0.5, 0.6) is 0 Å². The van der Waals surface area contributed by atoms with Crippen molar-refractivity contribution >= 4 is 40.6 Å². The standard InChI is InChI=1S/C19H18Cl2N6O/c20-14-4-1-5-15(18(14)21)23-19(28)13-3-2-9-26(11-13)16-6-7-17(25-24-16)27-10-8-22-12-27/h1,4-8,10,12-13H,2-3,9,11H2,(H,23,28). The molecule has 1 aliphatic rings. The molecule has 4 rings (SSSR count). The predicted molar refractivity (Wildman–Crippen MR) is 109 cm³/mol. The third kappa shape index (κ3) is 3.95. The van der Waals surface area contributed by atoms with Gasteiger partial charge in [0.15, 0.2) is 11.6 Å². The van der Waals surface area contributed by atoms with Crippen molar-refractivity contribution in [3.05, 3.63) is 59.1 Å². The van der Waals surface area contributed by atoms with Gasteiger partial charge in [0.05, 0.1) is 21.7 Å². The molecular formula is C19H18Cl2N6O. The average Bonchev–Trinajstić information content (AvgIpc) is 3.26. The molecule has 7 nitrogen and oxygen atoms in total. The number of aromatic nitrogens is 4. The van der Waals surface area contributed by atoms with E-state index < -0.39 is 0 Å². The molecule has 1 amide bonds. The fraction of sp³-hybridized carbons (Fsp3) is 0.263. The zero-order valence-corrected chi connectivity index (χ0v) is 16.4. The first-order valence-electron chi connectivity index (χ1n) is 8.93. The van der Waals surface area contributed by atoms with Crippen LogP contribution in [0.3, 0.4) is 0 Å². The van der Waals surface area contributed by atoms with E-state index in [1.807, 2.05) is 18.3 Å². The molecule has 1 saturated heterocycles. The summed E-state index contributed by atoms with van der Waals surface area (Å²) < 4.78 is 1.79. The van der Waals surface area contributed by atoms with E-state index >= 15 is 0 Å². The lowest BCUT2D eigenvalue weighted by Crippen LogP contribution is -2.41. The normalized spacial score (nSPS) is 16.8. The molecule has 0 radical (unpaired) electrons. The number of benzene rings is 1. The number of carbonyl (C=O) groups is 1. The fourth-order valence-corrected chi connectivity index (χ4v) is 3.60. The van der Waals surface area contributed by atoms with Gasteiger partial charge in [0.2, 0.25) is 5.91 Å². The first kappa shape index (κ1) is 18.7. The fourth-order valence-electron chi connectivity index (χ4n) is 3.25. The number of imidazole rings is 1. The Morgan fingerprint density at radius 1 is 1.14 bits per heavy atom. The first-order valence-corrected chi connectivity index (χ1v) is 9.69. The van der Waals surface area contributed by atoms with Crippen LogP contribution in [0.2, 0.25) is 10.0 Å². The van der Waals surface area contributed by atoms with Gasteiger partial charge in [0.1, 0.15) is 6.33 Å². The van der Waals surface area contributed by atoms with Gasteiger partial charge in [-0.2, -0.15) is 0 Å². The Bertz CT molecular complexity index is 961. The highest BCUT2D eigenvalue weighted by molar-refractivity contribution is 6.44. The Hall–Kier alpha value is -2.64. The molecule has 9 heteroatoms. The Kier molecular flexibility index (Phi) is 5.45. The lowest BCUT2D eigenvalue weighted by Gasteiger charge is -2.32. The highest BCUT2D eigenvalue weighted by Crippen LogP contribution is 2.30. The van der Waals surface area contributed by atoms with Crippen molar-refractivity contribution in [2.75, 3.05) is 23.3 Å². The molecule has 3 aromatic rings. The van der Waals surface area contributed by atoms with E-state index in [4.69, 9.17) is 23.2 Å². The zero-order chi connectivity index (χ0) is 19.5. The zero-order valence-electron chi connectivity index (χ0n) is 14.9. The van der Waals surface area contributed by atoms with Gasteiger partial charge in [-0.25, -0.2) is 4.98 Å². The molecule has 1 aromatic carbocycles. The lowest BCUT2D eigenvalue weighted by atomic mass is 9.97. The average molecular weight is 417 g/mol. The second-order valence-electron chi connectivity index (χ2n) is 6.60. The maximum Gasteiger partial charge on any atom is 0.229 e. The molecule has 0 bridgehead atoms. The van der Waals surface area contributed by atoms with Crippen LogP contribution in [0.15, 0.2) is 49.1 Å². The number of halogens is 2. The lowest BCUT2D eigenvalue weighted by molar-refractivity contribution is -0.120. The summed E-state index contributed by atoms with van der Waals surface area (Å²) >= 11 is 12.2. The maximum atomic E-state index is 12.7. The summed E-state index contributed by atoms with van der Waals surface area (Å²) in [5.41, 5.74) is 0.528. The van der Waals surface area contributed by atoms with Crippen molar-refractivity contribution in [3.63, 3.8) is 0 Å². The van der Waals surface area contributed by atoms with Gasteiger partial charge in [-0.15, -0.1) is 10.2 Å². The SMILES string of the molecule is O=C(Nc1cccc(Cl)c1Cl)C1CCCN(c2ccc(-n3ccnc3)nn2)C1. The van der Waals surface area contributed by atoms with Crippen molar-refractivity contribution in [2.24, 2.45) is 5.92 Å². The van der Waals surface area contributed by atoms with E-state index in [-0.39, 0.29) is 11.8 Å². The summed E-state index contributed by atoms with van der Waals surface area (Å²) in [6.07, 6.45) is 6.88. The summed E-state index contributed by atoms with van der Waals surface area (Å²) in [6.45, 7) is 1.41. The van der Waals surface area contributed by atoms with Gasteiger partial charge >= 0.3 is 0 Å². The van der Waals surface area contributed by atoms with Gasteiger partial charge < -0.3 is 10.2 Å². The minimum absolute atomic E-state index is 0.0724. The number of rotatable bonds is 4. The summed E-state index contributed by atoms with van der Waals surface area (Å²) in [7, 11) is 0. The van der Waals surface area contributed by atoms with Gasteiger partial charge in [-0.1, -0.05) is 29.3 Å². The van der Waals surface area contributed by atoms with Crippen LogP contribution < -0.4 is 10.2 Å². The number of nitrogens with zero attached hydrogens (tertiary/aromatic N) is 5. The van der Waals surface area contributed by atoms with Crippen molar-refractivity contribution in [2.45, 2.75) is 12.8 Å². The highest BCUT2D eigenvalue weighted by atomic mass is 35.5. The number of carbonyl (C=O) groups excluding carboxylic acids is 1. The molecule has 1 N–H and O–H groups in total. The topological polar surface area (TPSA) is 75.9 Å². The van der Waals surface area contributed by atoms with E-state index in [1.165, 1.54) is 0 Å². The monoisotopic (exact) mass is 416 g/mol. The molecular weight excluding hydrogens is 399 g/mol. The molecule has 1 atom stereocenters. The third-order valence-electron chi connectivity index (χ3n) is 4.73. The Morgan fingerprint density at radius 2 is 1.96 bits per heavy atom. The first-order chi connectivity index (χ1) is 13.6. The minimum atomic E-state index is -0.168. The molecule has 28 heavy (non-hydrogen) atoms. The van der Waals surface area contributed by atoms with E-state index in [2.05, 4.69) is 25.4 Å². The molecule has 0 aliphatic carbocycles. The number of nitrogens with one attached hydrogen (secondary N) is 1. The van der Waals surface area contributed by atoms with E-state index in [1.54, 1.807) is 35.3 Å². The number of piperidine rings is 1. The molecule has 0 spiro atoms. The van der Waals surface area contributed by atoms with Crippen molar-refractivity contribution in [3.8, 4) is 5.82 Å². The molecule has 1 aliphatic heterocycles. The molecule has 3 heterocycles. The van der Waals surface area contributed by atoms with E-state index in [9.17, 15) is 4.79 Å². The summed E-state index contributed by atoms with van der Waals surface area (Å²) in [5, 5.41) is 12.2. The Balaban J connectivity index is 1.44. The number of hydrogen-bond donors (Lipinski definition) is 1. The summed E-state index contributed by atoms with van der Waals surface area (Å²) in [5.74, 6) is 1.21. The Labute approximate surface area is 172 Å². The van der Waals surface area contributed by atoms with Crippen LogP contribution in [0.1, 0.15) is 12.8 Å². The van der Waals surface area contributed by atoms with Gasteiger partial charge in [-0.3, -0.25) is 9.36 Å². The number of anilines is 2. The van der Waals surface area contributed by atoms with Crippen LogP contribution in [-0.4, -0.2) is 38.7 Å². The van der Waals surface area contributed by atoms with E-state index in [0.29, 0.717) is 28.1 Å². The van der Waals surface area contributed by atoms with Crippen LogP contribution in [0.4, 0.5) is 11.5 Å². The van der Waals surface area contributed by atoms with Crippen molar-refractivity contribution < 1.29 is 4.79 Å². The molecule has 0 saturated carbocycles. The Morgan fingerprint density at radius 3 is 2.71 bits per heavy atom. The second-order valence-corrected chi connectivity index (χ2v) is 7.38. The second kappa shape index (κ2) is 8.16. The summed E-state index contributed by atoms with van der Waals surface area (Å²) in [4.78, 5) is 18.8. The van der Waals surface area contributed by atoms with Gasteiger partial charge in [-0.05, 0) is 37.1 Å². The minimum Gasteiger partial charge on any atom is -0.354 e. The quantitative estimate of drug-likeness (QED) is 0.699. The molecule has 144 valence electrons. The maximum absolute atomic E-state index is 12.7. The van der Waals surface area contributed by atoms with Crippen molar-refractivity contribution in [1.82, 2.24) is 19.7 Å². The van der Waals surface area contributed by atoms with E-state index in [0.717, 1.165) is 25.2 Å².